The van der Waals surface area contributed by atoms with Gasteiger partial charge in [0.25, 0.3) is 11.8 Å². The molecule has 538 valence electrons. The highest BCUT2D eigenvalue weighted by Crippen LogP contribution is 2.45. The van der Waals surface area contributed by atoms with Gasteiger partial charge in [-0.1, -0.05) is 271 Å². The van der Waals surface area contributed by atoms with Gasteiger partial charge in [-0.15, -0.1) is 33.3 Å². The maximum Gasteiger partial charge on any atom is 0.356 e. The minimum Gasteiger partial charge on any atom is -0.464 e. The molecule has 106 heavy (non-hydrogen) atoms. The summed E-state index contributed by atoms with van der Waals surface area (Å²) in [6.45, 7) is 1.32. The van der Waals surface area contributed by atoms with Crippen LogP contribution in [0.15, 0.2) is 287 Å². The smallest absolute Gasteiger partial charge is 0.356 e. The van der Waals surface area contributed by atoms with Gasteiger partial charge >= 0.3 is 11.9 Å². The average Bonchev–Trinajstić information content (AvgIpc) is 0.824. The van der Waals surface area contributed by atoms with Crippen LogP contribution in [-0.4, -0.2) is 127 Å². The Bertz CT molecular complexity index is 4590. The van der Waals surface area contributed by atoms with Crippen LogP contribution in [0.25, 0.3) is 10.6 Å². The molecule has 9 aromatic carbocycles. The number of carbonyl (C=O) groups is 4. The van der Waals surface area contributed by atoms with Crippen LogP contribution < -0.4 is 20.1 Å². The van der Waals surface area contributed by atoms with Crippen molar-refractivity contribution in [2.45, 2.75) is 39.6 Å². The zero-order valence-corrected chi connectivity index (χ0v) is 60.9. The molecule has 11 aromatic rings. The number of hydrogen-bond acceptors (Lipinski definition) is 22. The molecular formula is C82H73N7O13S4. The first-order valence-electron chi connectivity index (χ1n) is 33.9. The lowest BCUT2D eigenvalue weighted by Crippen LogP contribution is -2.71. The summed E-state index contributed by atoms with van der Waals surface area (Å²) in [7, 11) is 3.18. The van der Waals surface area contributed by atoms with Gasteiger partial charge in [0, 0.05) is 42.2 Å². The van der Waals surface area contributed by atoms with Crippen LogP contribution in [0, 0.1) is 0 Å². The number of nitrogens with one attached hydrogen (secondary N) is 2. The lowest BCUT2D eigenvalue weighted by atomic mass is 9.77. The van der Waals surface area contributed by atoms with Crippen LogP contribution in [0.3, 0.4) is 0 Å². The molecule has 0 bridgehead atoms. The number of β-lactam (4-membered cyclic amide) rings is 1. The van der Waals surface area contributed by atoms with Crippen molar-refractivity contribution < 1.29 is 61.9 Å². The number of esters is 2. The Morgan fingerprint density at radius 3 is 1.60 bits per heavy atom. The molecule has 0 spiro atoms. The standard InChI is InChI=1S/C82H73N7O13S4/c1-94-45-47-96-53-98-66-44-43-60(49-67(66)99-54-97-48-46-95-2)75-86-87-81(106-75)105-51-61-50-103-77-69(76(91)89(77)70(61)78(92)100-71(55-27-11-3-12-28-55)56-29-13-4-14-30-56)84-74(90)68(88-102-73(59-35-19-7-20-36-59)79(93)101-72(57-31-15-5-16-32-57)58-33-17-6-18-34-58)65-52-104-80(83-65)85-82(62-37-21-8-22-38-62,63-39-23-9-24-40-63)64-41-25-10-26-42-64/h3-44,49,52,69,71-73,77H,45-48,50-51,53-54H2,1-2H3,(H,83,85)(H,84,90)/t69-,73?,77-/m1/s1. The number of benzene rings is 9. The van der Waals surface area contributed by atoms with Gasteiger partial charge in [0.15, 0.2) is 52.5 Å². The van der Waals surface area contributed by atoms with Crippen molar-refractivity contribution in [3.63, 3.8) is 0 Å². The SMILES string of the molecule is COCCOCOc1ccc(-c2nnc(SCC3=C(C(=O)OC(c4ccccc4)c4ccccc4)N4C(=O)[C@@H](NC(=O)C(=NOC(C(=O)OC(c5ccccc5)c5ccccc5)c5ccccc5)c5csc(NC(c6ccccc6)(c6ccccc6)c6ccccc6)n5)[C@H]4SC3)s2)cc1OCOCCOC. The zero-order chi connectivity index (χ0) is 72.9. The number of fused-ring (bicyclic) bond motifs is 1. The van der Waals surface area contributed by atoms with E-state index in [2.05, 4.69) is 26.0 Å². The van der Waals surface area contributed by atoms with Crippen LogP contribution in [-0.2, 0) is 58.0 Å². The molecule has 1 saturated heterocycles. The number of nitrogens with zero attached hydrogens (tertiary/aromatic N) is 5. The number of ether oxygens (including phenoxy) is 8. The summed E-state index contributed by atoms with van der Waals surface area (Å²) in [5.74, 6) is -1.78. The highest BCUT2D eigenvalue weighted by molar-refractivity contribution is 8.02. The van der Waals surface area contributed by atoms with Crippen molar-refractivity contribution >= 4 is 80.8 Å². The fourth-order valence-electron chi connectivity index (χ4n) is 12.1. The van der Waals surface area contributed by atoms with Gasteiger partial charge in [0.2, 0.25) is 6.10 Å². The fraction of sp³-hybridized carbons (Fsp3) is 0.195. The molecule has 3 atom stereocenters. The molecule has 2 aromatic heterocycles. The summed E-state index contributed by atoms with van der Waals surface area (Å²) >= 11 is 5.26. The fourth-order valence-corrected chi connectivity index (χ4v) is 16.2. The first-order chi connectivity index (χ1) is 52.2. The Balaban J connectivity index is 0.829. The van der Waals surface area contributed by atoms with Gasteiger partial charge < -0.3 is 53.4 Å². The summed E-state index contributed by atoms with van der Waals surface area (Å²) < 4.78 is 46.9. The van der Waals surface area contributed by atoms with Gasteiger partial charge in [0.05, 0.1) is 26.4 Å². The average molecular weight is 1490 g/mol. The lowest BCUT2D eigenvalue weighted by Gasteiger charge is -2.49. The third kappa shape index (κ3) is 17.6. The number of rotatable bonds is 35. The van der Waals surface area contributed by atoms with Crippen LogP contribution in [0.2, 0.25) is 0 Å². The van der Waals surface area contributed by atoms with Crippen molar-refractivity contribution in [1.82, 2.24) is 25.4 Å². The van der Waals surface area contributed by atoms with E-state index in [1.54, 1.807) is 62.1 Å². The molecule has 20 nitrogen and oxygen atoms in total. The zero-order valence-electron chi connectivity index (χ0n) is 57.6. The Hall–Kier alpha value is -10.8. The summed E-state index contributed by atoms with van der Waals surface area (Å²) in [6.07, 6.45) is -3.26. The van der Waals surface area contributed by atoms with E-state index in [1.807, 2.05) is 218 Å². The Labute approximate surface area is 629 Å². The molecule has 1 unspecified atom stereocenters. The lowest BCUT2D eigenvalue weighted by molar-refractivity contribution is -0.162. The number of thioether (sulfide) groups is 2. The minimum absolute atomic E-state index is 0.0318. The number of thiazole rings is 1. The molecule has 0 radical (unpaired) electrons. The van der Waals surface area contributed by atoms with E-state index in [4.69, 9.17) is 47.7 Å². The Kier molecular flexibility index (Phi) is 25.2. The predicted molar refractivity (Wildman–Crippen MR) is 408 cm³/mol. The third-order valence-corrected chi connectivity index (χ3v) is 21.6. The van der Waals surface area contributed by atoms with Crippen molar-refractivity contribution in [2.24, 2.45) is 5.16 Å². The van der Waals surface area contributed by atoms with Gasteiger partial charge in [-0.05, 0) is 62.7 Å². The van der Waals surface area contributed by atoms with E-state index in [-0.39, 0.29) is 42.2 Å². The molecule has 2 aliphatic rings. The predicted octanol–water partition coefficient (Wildman–Crippen LogP) is 14.6. The number of methoxy groups -OCH3 is 2. The highest BCUT2D eigenvalue weighted by Gasteiger charge is 2.55. The summed E-state index contributed by atoms with van der Waals surface area (Å²) in [5.41, 5.74) is 5.90. The summed E-state index contributed by atoms with van der Waals surface area (Å²) in [5, 5.41) is 22.3. The molecule has 24 heteroatoms. The topological polar surface area (TPSA) is 230 Å². The largest absolute Gasteiger partial charge is 0.464 e. The molecule has 0 aliphatic carbocycles. The number of carbonyl (C=O) groups excluding carboxylic acids is 4. The van der Waals surface area contributed by atoms with E-state index >= 15 is 19.2 Å². The van der Waals surface area contributed by atoms with Crippen LogP contribution in [0.4, 0.5) is 5.13 Å². The van der Waals surface area contributed by atoms with E-state index in [1.165, 1.54) is 51.1 Å². The number of anilines is 1. The second kappa shape index (κ2) is 36.3. The summed E-state index contributed by atoms with van der Waals surface area (Å²) in [6, 6.07) is 80.3. The number of hydrogen-bond donors (Lipinski definition) is 2. The van der Waals surface area contributed by atoms with Gasteiger partial charge in [-0.25, -0.2) is 14.6 Å². The van der Waals surface area contributed by atoms with Gasteiger partial charge in [-0.2, -0.15) is 0 Å². The van der Waals surface area contributed by atoms with E-state index in [9.17, 15) is 0 Å². The highest BCUT2D eigenvalue weighted by atomic mass is 32.2. The van der Waals surface area contributed by atoms with Gasteiger partial charge in [-0.3, -0.25) is 14.5 Å². The van der Waals surface area contributed by atoms with Crippen molar-refractivity contribution in [1.29, 1.82) is 0 Å². The molecule has 0 saturated carbocycles. The molecule has 13 rings (SSSR count). The second-order valence-corrected chi connectivity index (χ2v) is 28.2. The Morgan fingerprint density at radius 2 is 1.08 bits per heavy atom. The number of aromatic nitrogens is 3. The minimum atomic E-state index is -1.53. The van der Waals surface area contributed by atoms with Crippen molar-refractivity contribution in [3.8, 4) is 22.1 Å². The maximum absolute atomic E-state index is 15.7. The first kappa shape index (κ1) is 73.5. The monoisotopic (exact) mass is 1490 g/mol. The first-order valence-corrected chi connectivity index (χ1v) is 37.7. The number of oxime groups is 1. The molecule has 1 fully saturated rings. The van der Waals surface area contributed by atoms with Gasteiger partial charge in [0.1, 0.15) is 33.4 Å². The molecule has 2 amide bonds. The van der Waals surface area contributed by atoms with E-state index in [0.29, 0.717) is 91.4 Å². The molecule has 2 aliphatic heterocycles. The normalized spacial score (nSPS) is 14.6. The Morgan fingerprint density at radius 1 is 0.594 bits per heavy atom. The van der Waals surface area contributed by atoms with Crippen LogP contribution >= 0.6 is 46.2 Å². The number of amides is 2. The molecular weight excluding hydrogens is 1420 g/mol. The second-order valence-electron chi connectivity index (χ2n) is 24.1. The maximum atomic E-state index is 15.7. The van der Waals surface area contributed by atoms with Crippen molar-refractivity contribution in [2.75, 3.05) is 71.1 Å². The van der Waals surface area contributed by atoms with E-state index < -0.39 is 59.0 Å². The molecule has 4 heterocycles. The summed E-state index contributed by atoms with van der Waals surface area (Å²) in [4.78, 5) is 74.3. The van der Waals surface area contributed by atoms with Crippen LogP contribution in [0.1, 0.15) is 68.5 Å². The van der Waals surface area contributed by atoms with Crippen LogP contribution in [0.5, 0.6) is 11.5 Å². The molecule has 2 N–H and O–H groups in total. The van der Waals surface area contributed by atoms with Crippen molar-refractivity contribution in [3.05, 3.63) is 328 Å². The third-order valence-electron chi connectivity index (χ3n) is 17.3. The van der Waals surface area contributed by atoms with E-state index in [0.717, 1.165) is 16.7 Å². The quantitative estimate of drug-likeness (QED) is 0.00550.